The molecule has 13 nitrogen and oxygen atoms in total. The summed E-state index contributed by atoms with van der Waals surface area (Å²) in [6.45, 7) is 3.81. The van der Waals surface area contributed by atoms with E-state index >= 15 is 0 Å². The van der Waals surface area contributed by atoms with Crippen molar-refractivity contribution < 1.29 is 19.1 Å². The van der Waals surface area contributed by atoms with Crippen LogP contribution in [0.3, 0.4) is 0 Å². The van der Waals surface area contributed by atoms with Crippen LogP contribution in [0.1, 0.15) is 53.3 Å². The van der Waals surface area contributed by atoms with E-state index < -0.39 is 0 Å². The van der Waals surface area contributed by atoms with Crippen molar-refractivity contribution in [2.45, 2.75) is 50.9 Å². The number of rotatable bonds is 8. The molecule has 8 aromatic rings. The zero-order valence-corrected chi connectivity index (χ0v) is 34.3. The third kappa shape index (κ3) is 8.69. The maximum atomic E-state index is 13.6. The first-order chi connectivity index (χ1) is 30.5. The van der Waals surface area contributed by atoms with Gasteiger partial charge in [-0.25, -0.2) is 19.9 Å². The van der Waals surface area contributed by atoms with Gasteiger partial charge in [0.15, 0.2) is 5.82 Å². The van der Waals surface area contributed by atoms with Gasteiger partial charge < -0.3 is 19.3 Å². The molecule has 2 fully saturated rings. The average molecular weight is 824 g/mol. The first kappa shape index (κ1) is 39.9. The Morgan fingerprint density at radius 2 is 1.16 bits per heavy atom. The fourth-order valence-electron chi connectivity index (χ4n) is 8.16. The normalized spacial score (nSPS) is 17.5. The highest BCUT2D eigenvalue weighted by atomic mass is 16.5. The lowest BCUT2D eigenvalue weighted by Gasteiger charge is -2.38. The highest BCUT2D eigenvalue weighted by molar-refractivity contribution is 6.00. The van der Waals surface area contributed by atoms with Crippen molar-refractivity contribution in [3.8, 4) is 28.8 Å². The summed E-state index contributed by atoms with van der Waals surface area (Å²) in [7, 11) is 0. The van der Waals surface area contributed by atoms with Gasteiger partial charge in [0.1, 0.15) is 12.2 Å². The fourth-order valence-corrected chi connectivity index (χ4v) is 8.16. The third-order valence-corrected chi connectivity index (χ3v) is 11.3. The van der Waals surface area contributed by atoms with Crippen molar-refractivity contribution in [1.29, 1.82) is 0 Å². The Balaban J connectivity index is 0.000000158. The molecule has 0 N–H and O–H groups in total. The third-order valence-electron chi connectivity index (χ3n) is 11.3. The quantitative estimate of drug-likeness (QED) is 0.147. The Hall–Kier alpha value is -7.54. The number of aromatic nitrogens is 7. The second-order valence-electron chi connectivity index (χ2n) is 15.4. The molecule has 2 aliphatic heterocycles. The summed E-state index contributed by atoms with van der Waals surface area (Å²) in [5.74, 6) is 1.72. The molecule has 62 heavy (non-hydrogen) atoms. The summed E-state index contributed by atoms with van der Waals surface area (Å²) < 4.78 is 12.6. The Bertz CT molecular complexity index is 2790. The molecular weight excluding hydrogens is 779 g/mol. The maximum absolute atomic E-state index is 13.6. The summed E-state index contributed by atoms with van der Waals surface area (Å²) in [5.41, 5.74) is 2.60. The highest BCUT2D eigenvalue weighted by Gasteiger charge is 2.33. The number of nitrogens with zero attached hydrogens (tertiary/aromatic N) is 9. The Labute approximate surface area is 359 Å². The lowest BCUT2D eigenvalue weighted by Crippen LogP contribution is -2.49. The van der Waals surface area contributed by atoms with Crippen LogP contribution in [-0.4, -0.2) is 94.4 Å². The number of fused-ring (bicyclic) bond motifs is 2. The number of pyridine rings is 2. The number of carbonyl (C=O) groups is 2. The predicted molar refractivity (Wildman–Crippen MR) is 236 cm³/mol. The van der Waals surface area contributed by atoms with Gasteiger partial charge in [0.05, 0.1) is 42.3 Å². The summed E-state index contributed by atoms with van der Waals surface area (Å²) in [6.07, 6.45) is 13.4. The van der Waals surface area contributed by atoms with Gasteiger partial charge in [-0.05, 0) is 91.9 Å². The van der Waals surface area contributed by atoms with Gasteiger partial charge in [-0.3, -0.25) is 9.59 Å². The van der Waals surface area contributed by atoms with Gasteiger partial charge in [0, 0.05) is 53.7 Å². The maximum Gasteiger partial charge on any atom is 0.256 e. The SMILES string of the molecule is C[C@@H]1CC[C@@H](Oc2nccc3ccccc23)CN1C(=O)c1ccccc1-c1ncccn1.O=C(c1ccccc1-n1nccn1)N1CCCC(Oc2nccc3ccccc23)C1. The van der Waals surface area contributed by atoms with E-state index in [0.717, 1.165) is 52.8 Å². The van der Waals surface area contributed by atoms with Crippen molar-refractivity contribution >= 4 is 33.4 Å². The van der Waals surface area contributed by atoms with Gasteiger partial charge in [0.2, 0.25) is 11.8 Å². The van der Waals surface area contributed by atoms with Gasteiger partial charge in [-0.1, -0.05) is 66.7 Å². The van der Waals surface area contributed by atoms with Crippen molar-refractivity contribution in [2.75, 3.05) is 19.6 Å². The van der Waals surface area contributed by atoms with Crippen LogP contribution in [0.2, 0.25) is 0 Å². The summed E-state index contributed by atoms with van der Waals surface area (Å²) >= 11 is 0. The number of para-hydroxylation sites is 1. The van der Waals surface area contributed by atoms with E-state index in [-0.39, 0.29) is 30.1 Å². The van der Waals surface area contributed by atoms with E-state index in [1.165, 1.54) is 4.80 Å². The molecule has 10 rings (SSSR count). The molecule has 1 unspecified atom stereocenters. The van der Waals surface area contributed by atoms with Gasteiger partial charge in [-0.15, -0.1) is 0 Å². The molecule has 13 heteroatoms. The monoisotopic (exact) mass is 823 g/mol. The molecule has 0 spiro atoms. The number of hydrogen-bond donors (Lipinski definition) is 0. The standard InChI is InChI=1S/C26H24N4O2.C23H21N5O2/c1-18-11-12-20(32-25-21-8-3-2-7-19(21)13-16-29-25)17-30(18)26(31)23-10-5-4-9-22(23)24-27-14-6-15-28-24;29-23(20-9-3-4-10-21(20)28-25-13-14-26-28)27-15-5-7-18(16-27)30-22-19-8-2-1-6-17(19)11-12-24-22/h2-10,13-16,18,20H,11-12,17H2,1H3;1-4,6,8-14,18H,5,7,15-16H2/t18-,20-;/m1./s1. The summed E-state index contributed by atoms with van der Waals surface area (Å²) in [4.78, 5) is 49.7. The number of amides is 2. The lowest BCUT2D eigenvalue weighted by molar-refractivity contribution is 0.0378. The number of ether oxygens (including phenoxy) is 2. The van der Waals surface area contributed by atoms with Crippen LogP contribution in [0.5, 0.6) is 11.8 Å². The largest absolute Gasteiger partial charge is 0.472 e. The Morgan fingerprint density at radius 1 is 0.565 bits per heavy atom. The minimum atomic E-state index is -0.117. The molecule has 2 aliphatic rings. The van der Waals surface area contributed by atoms with Crippen molar-refractivity contribution in [3.63, 3.8) is 0 Å². The second kappa shape index (κ2) is 18.4. The van der Waals surface area contributed by atoms with E-state index in [1.54, 1.807) is 43.2 Å². The zero-order chi connectivity index (χ0) is 42.3. The molecule has 0 bridgehead atoms. The van der Waals surface area contributed by atoms with E-state index in [4.69, 9.17) is 9.47 Å². The molecule has 4 aromatic heterocycles. The van der Waals surface area contributed by atoms with Crippen LogP contribution in [0.15, 0.2) is 152 Å². The molecule has 6 heterocycles. The Kier molecular flexibility index (Phi) is 11.8. The molecule has 2 saturated heterocycles. The van der Waals surface area contributed by atoms with E-state index in [1.807, 2.05) is 119 Å². The summed E-state index contributed by atoms with van der Waals surface area (Å²) in [5, 5.41) is 12.5. The van der Waals surface area contributed by atoms with Crippen LogP contribution in [0, 0.1) is 0 Å². The molecule has 3 atom stereocenters. The zero-order valence-electron chi connectivity index (χ0n) is 34.3. The minimum Gasteiger partial charge on any atom is -0.472 e. The molecule has 2 amide bonds. The second-order valence-corrected chi connectivity index (χ2v) is 15.4. The average Bonchev–Trinajstić information content (AvgIpc) is 3.88. The number of piperidine rings is 2. The van der Waals surface area contributed by atoms with Crippen LogP contribution in [0.4, 0.5) is 0 Å². The predicted octanol–water partition coefficient (Wildman–Crippen LogP) is 8.26. The number of carbonyl (C=O) groups excluding carboxylic acids is 2. The number of benzene rings is 4. The highest BCUT2D eigenvalue weighted by Crippen LogP contribution is 2.30. The smallest absolute Gasteiger partial charge is 0.256 e. The summed E-state index contributed by atoms with van der Waals surface area (Å²) in [6, 6.07) is 36.8. The van der Waals surface area contributed by atoms with Crippen LogP contribution in [0.25, 0.3) is 38.6 Å². The fraction of sp³-hybridized carbons (Fsp3) is 0.224. The van der Waals surface area contributed by atoms with Crippen LogP contribution in [-0.2, 0) is 0 Å². The molecular formula is C49H45N9O4. The van der Waals surface area contributed by atoms with E-state index in [0.29, 0.717) is 54.0 Å². The van der Waals surface area contributed by atoms with Crippen molar-refractivity contribution in [3.05, 3.63) is 164 Å². The van der Waals surface area contributed by atoms with Gasteiger partial charge in [0.25, 0.3) is 11.8 Å². The van der Waals surface area contributed by atoms with Gasteiger partial charge in [-0.2, -0.15) is 15.0 Å². The number of hydrogen-bond acceptors (Lipinski definition) is 10. The van der Waals surface area contributed by atoms with Crippen LogP contribution < -0.4 is 9.47 Å². The van der Waals surface area contributed by atoms with Gasteiger partial charge >= 0.3 is 0 Å². The molecule has 4 aromatic carbocycles. The van der Waals surface area contributed by atoms with Crippen LogP contribution >= 0.6 is 0 Å². The lowest BCUT2D eigenvalue weighted by atomic mass is 9.98. The minimum absolute atomic E-state index is 0.0280. The van der Waals surface area contributed by atoms with Crippen molar-refractivity contribution in [2.24, 2.45) is 0 Å². The molecule has 0 aliphatic carbocycles. The molecule has 310 valence electrons. The van der Waals surface area contributed by atoms with E-state index in [2.05, 4.69) is 37.1 Å². The Morgan fingerprint density at radius 3 is 1.85 bits per heavy atom. The van der Waals surface area contributed by atoms with E-state index in [9.17, 15) is 9.59 Å². The first-order valence-electron chi connectivity index (χ1n) is 20.9. The number of likely N-dealkylation sites (tertiary alicyclic amines) is 2. The molecule has 0 radical (unpaired) electrons. The van der Waals surface area contributed by atoms with Crippen molar-refractivity contribution in [1.82, 2.24) is 44.7 Å². The first-order valence-corrected chi connectivity index (χ1v) is 20.9. The molecule has 0 saturated carbocycles. The topological polar surface area (TPSA) is 141 Å².